The van der Waals surface area contributed by atoms with Gasteiger partial charge in [0, 0.05) is 23.8 Å². The molecule has 19 heavy (non-hydrogen) atoms. The molecule has 0 aliphatic heterocycles. The van der Waals surface area contributed by atoms with Gasteiger partial charge in [-0.1, -0.05) is 11.6 Å². The number of aromatic nitrogens is 1. The van der Waals surface area contributed by atoms with Gasteiger partial charge in [-0.25, -0.2) is 9.78 Å². The maximum absolute atomic E-state index is 11.4. The third kappa shape index (κ3) is 6.63. The van der Waals surface area contributed by atoms with Crippen LogP contribution >= 0.6 is 27.5 Å². The van der Waals surface area contributed by atoms with E-state index in [-0.39, 0.29) is 0 Å². The Morgan fingerprint density at radius 1 is 1.47 bits per heavy atom. The van der Waals surface area contributed by atoms with Crippen LogP contribution in [0.5, 0.6) is 0 Å². The smallest absolute Gasteiger partial charge is 0.407 e. The third-order valence-electron chi connectivity index (χ3n) is 1.89. The number of hydrogen-bond acceptors (Lipinski definition) is 4. The second kappa shape index (κ2) is 6.96. The predicted octanol–water partition coefficient (Wildman–Crippen LogP) is 3.43. The van der Waals surface area contributed by atoms with Crippen LogP contribution in [0, 0.1) is 0 Å². The first-order valence-electron chi connectivity index (χ1n) is 5.80. The zero-order chi connectivity index (χ0) is 14.5. The van der Waals surface area contributed by atoms with Gasteiger partial charge in [-0.2, -0.15) is 0 Å². The van der Waals surface area contributed by atoms with E-state index in [1.54, 1.807) is 12.3 Å². The van der Waals surface area contributed by atoms with Crippen LogP contribution in [0.2, 0.25) is 5.02 Å². The second-order valence-corrected chi connectivity index (χ2v) is 6.16. The highest BCUT2D eigenvalue weighted by atomic mass is 79.9. The minimum atomic E-state index is -0.492. The van der Waals surface area contributed by atoms with E-state index in [0.29, 0.717) is 23.9 Å². The summed E-state index contributed by atoms with van der Waals surface area (Å²) in [5, 5.41) is 6.18. The van der Waals surface area contributed by atoms with Crippen molar-refractivity contribution in [3.8, 4) is 0 Å². The van der Waals surface area contributed by atoms with Gasteiger partial charge in [-0.05, 0) is 42.8 Å². The number of nitrogens with zero attached hydrogens (tertiary/aromatic N) is 1. The number of rotatable bonds is 4. The summed E-state index contributed by atoms with van der Waals surface area (Å²) in [6, 6.07) is 1.75. The predicted molar refractivity (Wildman–Crippen MR) is 79.7 cm³/mol. The Balaban J connectivity index is 2.29. The minimum Gasteiger partial charge on any atom is -0.444 e. The number of amides is 1. The molecular weight excluding hydrogens is 334 g/mol. The number of pyridine rings is 1. The Morgan fingerprint density at radius 3 is 2.74 bits per heavy atom. The summed E-state index contributed by atoms with van der Waals surface area (Å²) >= 11 is 9.27. The minimum absolute atomic E-state index is 0.420. The van der Waals surface area contributed by atoms with Crippen LogP contribution in [0.15, 0.2) is 16.7 Å². The SMILES string of the molecule is CC(C)(C)OC(=O)NCCNc1ncc(Br)cc1Cl. The highest BCUT2D eigenvalue weighted by molar-refractivity contribution is 9.10. The molecule has 1 amide bonds. The summed E-state index contributed by atoms with van der Waals surface area (Å²) in [5.41, 5.74) is -0.492. The Labute approximate surface area is 126 Å². The largest absolute Gasteiger partial charge is 0.444 e. The highest BCUT2D eigenvalue weighted by Gasteiger charge is 2.15. The summed E-state index contributed by atoms with van der Waals surface area (Å²) in [7, 11) is 0. The van der Waals surface area contributed by atoms with Gasteiger partial charge in [0.2, 0.25) is 0 Å². The van der Waals surface area contributed by atoms with Crippen LogP contribution in [0.4, 0.5) is 10.6 Å². The summed E-state index contributed by atoms with van der Waals surface area (Å²) < 4.78 is 5.92. The van der Waals surface area contributed by atoms with E-state index in [2.05, 4.69) is 31.5 Å². The van der Waals surface area contributed by atoms with E-state index in [1.807, 2.05) is 20.8 Å². The maximum atomic E-state index is 11.4. The lowest BCUT2D eigenvalue weighted by atomic mass is 10.2. The highest BCUT2D eigenvalue weighted by Crippen LogP contribution is 2.22. The van der Waals surface area contributed by atoms with Gasteiger partial charge in [0.1, 0.15) is 11.4 Å². The maximum Gasteiger partial charge on any atom is 0.407 e. The molecule has 0 saturated carbocycles. The summed E-state index contributed by atoms with van der Waals surface area (Å²) in [6.07, 6.45) is 1.21. The fourth-order valence-electron chi connectivity index (χ4n) is 1.20. The Morgan fingerprint density at radius 2 is 2.16 bits per heavy atom. The average molecular weight is 351 g/mol. The van der Waals surface area contributed by atoms with Gasteiger partial charge >= 0.3 is 6.09 Å². The van der Waals surface area contributed by atoms with Crippen LogP contribution in [0.3, 0.4) is 0 Å². The van der Waals surface area contributed by atoms with Crippen molar-refractivity contribution < 1.29 is 9.53 Å². The van der Waals surface area contributed by atoms with Crippen LogP contribution in [-0.2, 0) is 4.74 Å². The topological polar surface area (TPSA) is 63.2 Å². The van der Waals surface area contributed by atoms with Crippen LogP contribution < -0.4 is 10.6 Å². The molecule has 0 radical (unpaired) electrons. The Hall–Kier alpha value is -1.01. The molecule has 0 spiro atoms. The lowest BCUT2D eigenvalue weighted by Gasteiger charge is -2.19. The first-order chi connectivity index (χ1) is 8.78. The number of alkyl carbamates (subject to hydrolysis) is 1. The standard InChI is InChI=1S/C12H17BrClN3O2/c1-12(2,3)19-11(18)16-5-4-15-10-9(14)6-8(13)7-17-10/h6-7H,4-5H2,1-3H3,(H,15,17)(H,16,18). The molecule has 0 aromatic carbocycles. The first-order valence-corrected chi connectivity index (χ1v) is 6.97. The average Bonchev–Trinajstić information content (AvgIpc) is 2.24. The van der Waals surface area contributed by atoms with Crippen molar-refractivity contribution in [1.29, 1.82) is 0 Å². The number of anilines is 1. The lowest BCUT2D eigenvalue weighted by Crippen LogP contribution is -2.35. The van der Waals surface area contributed by atoms with Crippen molar-refractivity contribution in [2.75, 3.05) is 18.4 Å². The Bertz CT molecular complexity index is 449. The number of ether oxygens (including phenoxy) is 1. The van der Waals surface area contributed by atoms with Crippen molar-refractivity contribution in [1.82, 2.24) is 10.3 Å². The van der Waals surface area contributed by atoms with Gasteiger partial charge in [0.25, 0.3) is 0 Å². The summed E-state index contributed by atoms with van der Waals surface area (Å²) in [6.45, 7) is 6.37. The Kier molecular flexibility index (Phi) is 5.87. The van der Waals surface area contributed by atoms with Crippen LogP contribution in [-0.4, -0.2) is 29.8 Å². The molecule has 7 heteroatoms. The second-order valence-electron chi connectivity index (χ2n) is 4.84. The zero-order valence-corrected chi connectivity index (χ0v) is 13.4. The molecule has 0 unspecified atom stereocenters. The van der Waals surface area contributed by atoms with Gasteiger partial charge in [-0.15, -0.1) is 0 Å². The van der Waals surface area contributed by atoms with Crippen molar-refractivity contribution in [3.05, 3.63) is 21.8 Å². The van der Waals surface area contributed by atoms with Gasteiger partial charge < -0.3 is 15.4 Å². The summed E-state index contributed by atoms with van der Waals surface area (Å²) in [4.78, 5) is 15.5. The van der Waals surface area contributed by atoms with E-state index < -0.39 is 11.7 Å². The molecule has 5 nitrogen and oxygen atoms in total. The molecule has 106 valence electrons. The third-order valence-corrected chi connectivity index (χ3v) is 2.62. The van der Waals surface area contributed by atoms with Gasteiger partial charge in [-0.3, -0.25) is 0 Å². The van der Waals surface area contributed by atoms with E-state index in [4.69, 9.17) is 16.3 Å². The molecule has 1 rings (SSSR count). The molecule has 2 N–H and O–H groups in total. The van der Waals surface area contributed by atoms with E-state index >= 15 is 0 Å². The monoisotopic (exact) mass is 349 g/mol. The molecule has 1 aromatic rings. The van der Waals surface area contributed by atoms with Crippen molar-refractivity contribution in [3.63, 3.8) is 0 Å². The van der Waals surface area contributed by atoms with Crippen molar-refractivity contribution in [2.24, 2.45) is 0 Å². The molecule has 0 atom stereocenters. The fraction of sp³-hybridized carbons (Fsp3) is 0.500. The van der Waals surface area contributed by atoms with Crippen LogP contribution in [0.25, 0.3) is 0 Å². The number of nitrogens with one attached hydrogen (secondary N) is 2. The van der Waals surface area contributed by atoms with Crippen molar-refractivity contribution >= 4 is 39.4 Å². The van der Waals surface area contributed by atoms with Crippen LogP contribution in [0.1, 0.15) is 20.8 Å². The quantitative estimate of drug-likeness (QED) is 0.817. The van der Waals surface area contributed by atoms with E-state index in [9.17, 15) is 4.79 Å². The number of hydrogen-bond donors (Lipinski definition) is 2. The lowest BCUT2D eigenvalue weighted by molar-refractivity contribution is 0.0530. The van der Waals surface area contributed by atoms with Crippen molar-refractivity contribution in [2.45, 2.75) is 26.4 Å². The molecule has 0 saturated heterocycles. The number of carbonyl (C=O) groups excluding carboxylic acids is 1. The summed E-state index contributed by atoms with van der Waals surface area (Å²) in [5.74, 6) is 0.579. The zero-order valence-electron chi connectivity index (χ0n) is 11.1. The molecule has 0 aliphatic rings. The molecule has 0 bridgehead atoms. The normalized spacial score (nSPS) is 11.0. The first kappa shape index (κ1) is 16.0. The molecule has 1 heterocycles. The van der Waals surface area contributed by atoms with E-state index in [1.165, 1.54) is 0 Å². The molecular formula is C12H17BrClN3O2. The number of halogens is 2. The molecule has 0 aliphatic carbocycles. The van der Waals surface area contributed by atoms with Gasteiger partial charge in [0.05, 0.1) is 5.02 Å². The fourth-order valence-corrected chi connectivity index (χ4v) is 1.90. The number of carbonyl (C=O) groups is 1. The molecule has 0 fully saturated rings. The molecule has 1 aromatic heterocycles. The van der Waals surface area contributed by atoms with Gasteiger partial charge in [0.15, 0.2) is 0 Å². The van der Waals surface area contributed by atoms with E-state index in [0.717, 1.165) is 4.47 Å².